The quantitative estimate of drug-likeness (QED) is 0.913. The highest BCUT2D eigenvalue weighted by molar-refractivity contribution is 5.43. The molecule has 0 bridgehead atoms. The lowest BCUT2D eigenvalue weighted by atomic mass is 9.89. The van der Waals surface area contributed by atoms with Crippen LogP contribution in [0.4, 0.5) is 5.82 Å². The zero-order valence-electron chi connectivity index (χ0n) is 13.0. The van der Waals surface area contributed by atoms with Gasteiger partial charge in [-0.3, -0.25) is 0 Å². The van der Waals surface area contributed by atoms with Crippen molar-refractivity contribution in [2.45, 2.75) is 52.6 Å². The second kappa shape index (κ2) is 5.72. The van der Waals surface area contributed by atoms with Crippen molar-refractivity contribution in [2.75, 3.05) is 18.0 Å². The molecule has 1 aromatic heterocycles. The van der Waals surface area contributed by atoms with Gasteiger partial charge < -0.3 is 10.2 Å². The molecule has 1 aliphatic carbocycles. The standard InChI is InChI=1S/C17H27N3/c1-12-6-7-20(11-13(12)2)17-9-15(8-14(3)19-17)10-18-16-4-5-16/h8-9,12-13,16,18H,4-7,10-11H2,1-3H3. The van der Waals surface area contributed by atoms with E-state index in [-0.39, 0.29) is 0 Å². The summed E-state index contributed by atoms with van der Waals surface area (Å²) in [5.41, 5.74) is 2.52. The van der Waals surface area contributed by atoms with Gasteiger partial charge in [-0.1, -0.05) is 13.8 Å². The number of aryl methyl sites for hydroxylation is 1. The van der Waals surface area contributed by atoms with Gasteiger partial charge in [0.25, 0.3) is 0 Å². The van der Waals surface area contributed by atoms with Crippen LogP contribution in [0.15, 0.2) is 12.1 Å². The van der Waals surface area contributed by atoms with Crippen molar-refractivity contribution in [3.05, 3.63) is 23.4 Å². The number of hydrogen-bond donors (Lipinski definition) is 1. The summed E-state index contributed by atoms with van der Waals surface area (Å²) in [7, 11) is 0. The number of hydrogen-bond acceptors (Lipinski definition) is 3. The second-order valence-electron chi connectivity index (χ2n) is 6.82. The third kappa shape index (κ3) is 3.32. The van der Waals surface area contributed by atoms with E-state index in [2.05, 4.69) is 43.1 Å². The summed E-state index contributed by atoms with van der Waals surface area (Å²) in [6.45, 7) is 10.1. The minimum atomic E-state index is 0.763. The minimum Gasteiger partial charge on any atom is -0.356 e. The van der Waals surface area contributed by atoms with E-state index in [0.717, 1.165) is 43.2 Å². The van der Waals surface area contributed by atoms with Crippen molar-refractivity contribution in [3.8, 4) is 0 Å². The lowest BCUT2D eigenvalue weighted by molar-refractivity contribution is 0.322. The van der Waals surface area contributed by atoms with Gasteiger partial charge in [0.15, 0.2) is 0 Å². The molecule has 2 heterocycles. The van der Waals surface area contributed by atoms with Crippen LogP contribution in [0, 0.1) is 18.8 Å². The highest BCUT2D eigenvalue weighted by Gasteiger charge is 2.24. The zero-order chi connectivity index (χ0) is 14.1. The zero-order valence-corrected chi connectivity index (χ0v) is 13.0. The Labute approximate surface area is 122 Å². The van der Waals surface area contributed by atoms with E-state index in [1.165, 1.54) is 30.6 Å². The Morgan fingerprint density at radius 1 is 1.20 bits per heavy atom. The first-order valence-corrected chi connectivity index (χ1v) is 8.07. The van der Waals surface area contributed by atoms with Crippen LogP contribution in [0.5, 0.6) is 0 Å². The molecule has 0 aromatic carbocycles. The fourth-order valence-electron chi connectivity index (χ4n) is 3.01. The van der Waals surface area contributed by atoms with E-state index in [1.54, 1.807) is 0 Å². The van der Waals surface area contributed by atoms with Crippen LogP contribution in [-0.4, -0.2) is 24.1 Å². The maximum Gasteiger partial charge on any atom is 0.129 e. The summed E-state index contributed by atoms with van der Waals surface area (Å²) in [6.07, 6.45) is 3.98. The Hall–Kier alpha value is -1.09. The number of anilines is 1. The molecule has 2 unspecified atom stereocenters. The summed E-state index contributed by atoms with van der Waals surface area (Å²) in [5, 5.41) is 3.60. The van der Waals surface area contributed by atoms with Crippen LogP contribution >= 0.6 is 0 Å². The van der Waals surface area contributed by atoms with E-state index < -0.39 is 0 Å². The van der Waals surface area contributed by atoms with E-state index >= 15 is 0 Å². The summed E-state index contributed by atoms with van der Waals surface area (Å²) >= 11 is 0. The number of nitrogens with one attached hydrogen (secondary N) is 1. The second-order valence-corrected chi connectivity index (χ2v) is 6.82. The monoisotopic (exact) mass is 273 g/mol. The number of aromatic nitrogens is 1. The summed E-state index contributed by atoms with van der Waals surface area (Å²) in [4.78, 5) is 7.23. The molecule has 110 valence electrons. The van der Waals surface area contributed by atoms with Gasteiger partial charge in [-0.2, -0.15) is 0 Å². The molecule has 0 radical (unpaired) electrons. The third-order valence-corrected chi connectivity index (χ3v) is 4.83. The largest absolute Gasteiger partial charge is 0.356 e. The molecule has 0 spiro atoms. The van der Waals surface area contributed by atoms with Gasteiger partial charge in [0.1, 0.15) is 5.82 Å². The fraction of sp³-hybridized carbons (Fsp3) is 0.706. The molecule has 3 heteroatoms. The molecule has 20 heavy (non-hydrogen) atoms. The van der Waals surface area contributed by atoms with Crippen LogP contribution in [0.1, 0.15) is 44.4 Å². The first kappa shape index (κ1) is 13.9. The smallest absolute Gasteiger partial charge is 0.129 e. The molecule has 1 aliphatic heterocycles. The topological polar surface area (TPSA) is 28.2 Å². The molecule has 1 N–H and O–H groups in total. The summed E-state index contributed by atoms with van der Waals surface area (Å²) in [6, 6.07) is 5.27. The van der Waals surface area contributed by atoms with Crippen LogP contribution < -0.4 is 10.2 Å². The van der Waals surface area contributed by atoms with Gasteiger partial charge in [-0.05, 0) is 55.7 Å². The van der Waals surface area contributed by atoms with Crippen LogP contribution in [0.2, 0.25) is 0 Å². The number of rotatable bonds is 4. The van der Waals surface area contributed by atoms with E-state index in [4.69, 9.17) is 4.98 Å². The molecule has 2 fully saturated rings. The molecule has 0 amide bonds. The summed E-state index contributed by atoms with van der Waals surface area (Å²) < 4.78 is 0. The maximum atomic E-state index is 4.76. The van der Waals surface area contributed by atoms with Gasteiger partial charge in [-0.25, -0.2) is 4.98 Å². The molecule has 1 saturated heterocycles. The molecule has 2 aliphatic rings. The van der Waals surface area contributed by atoms with Crippen LogP contribution in [0.25, 0.3) is 0 Å². The van der Waals surface area contributed by atoms with Crippen molar-refractivity contribution in [2.24, 2.45) is 11.8 Å². The van der Waals surface area contributed by atoms with Crippen molar-refractivity contribution < 1.29 is 0 Å². The Morgan fingerprint density at radius 3 is 2.70 bits per heavy atom. The summed E-state index contributed by atoms with van der Waals surface area (Å²) in [5.74, 6) is 2.78. The van der Waals surface area contributed by atoms with Crippen LogP contribution in [-0.2, 0) is 6.54 Å². The lowest BCUT2D eigenvalue weighted by Crippen LogP contribution is -2.39. The highest BCUT2D eigenvalue weighted by Crippen LogP contribution is 2.27. The predicted molar refractivity (Wildman–Crippen MR) is 84.0 cm³/mol. The first-order chi connectivity index (χ1) is 9.61. The molecule has 1 aromatic rings. The molecule has 3 rings (SSSR count). The Kier molecular flexibility index (Phi) is 3.97. The molecule has 3 nitrogen and oxygen atoms in total. The predicted octanol–water partition coefficient (Wildman–Crippen LogP) is 3.12. The van der Waals surface area contributed by atoms with Gasteiger partial charge in [0.2, 0.25) is 0 Å². The molecular weight excluding hydrogens is 246 g/mol. The maximum absolute atomic E-state index is 4.76. The van der Waals surface area contributed by atoms with Crippen LogP contribution in [0.3, 0.4) is 0 Å². The Balaban J connectivity index is 1.71. The normalized spacial score (nSPS) is 26.9. The number of pyridine rings is 1. The molecule has 2 atom stereocenters. The third-order valence-electron chi connectivity index (χ3n) is 4.83. The first-order valence-electron chi connectivity index (χ1n) is 8.07. The van der Waals surface area contributed by atoms with Gasteiger partial charge in [0, 0.05) is 31.4 Å². The van der Waals surface area contributed by atoms with E-state index in [1.807, 2.05) is 0 Å². The van der Waals surface area contributed by atoms with Gasteiger partial charge in [0.05, 0.1) is 0 Å². The average Bonchev–Trinajstić information content (AvgIpc) is 3.23. The SMILES string of the molecule is Cc1cc(CNC2CC2)cc(N2CCC(C)C(C)C2)n1. The molecule has 1 saturated carbocycles. The van der Waals surface area contributed by atoms with Crippen molar-refractivity contribution in [1.29, 1.82) is 0 Å². The van der Waals surface area contributed by atoms with Crippen molar-refractivity contribution in [1.82, 2.24) is 10.3 Å². The van der Waals surface area contributed by atoms with Crippen molar-refractivity contribution >= 4 is 5.82 Å². The average molecular weight is 273 g/mol. The minimum absolute atomic E-state index is 0.763. The van der Waals surface area contributed by atoms with E-state index in [9.17, 15) is 0 Å². The van der Waals surface area contributed by atoms with Gasteiger partial charge >= 0.3 is 0 Å². The van der Waals surface area contributed by atoms with E-state index in [0.29, 0.717) is 0 Å². The highest BCUT2D eigenvalue weighted by atomic mass is 15.2. The van der Waals surface area contributed by atoms with Gasteiger partial charge in [-0.15, -0.1) is 0 Å². The Bertz CT molecular complexity index is 467. The fourth-order valence-corrected chi connectivity index (χ4v) is 3.01. The number of nitrogens with zero attached hydrogens (tertiary/aromatic N) is 2. The van der Waals surface area contributed by atoms with Crippen molar-refractivity contribution in [3.63, 3.8) is 0 Å². The number of piperidine rings is 1. The lowest BCUT2D eigenvalue weighted by Gasteiger charge is -2.36. The Morgan fingerprint density at radius 2 is 2.00 bits per heavy atom. The molecular formula is C17H27N3.